The van der Waals surface area contributed by atoms with Gasteiger partial charge in [0.1, 0.15) is 43.9 Å². The van der Waals surface area contributed by atoms with Gasteiger partial charge in [-0.15, -0.1) is 0 Å². The molecule has 0 bridgehead atoms. The molecular formula is C27H41O17+. The number of aliphatic carboxylic acids is 2. The van der Waals surface area contributed by atoms with Crippen LogP contribution in [0.4, 0.5) is 0 Å². The molecular weight excluding hydrogens is 596 g/mol. The van der Waals surface area contributed by atoms with Gasteiger partial charge in [0.25, 0.3) is 0 Å². The van der Waals surface area contributed by atoms with Gasteiger partial charge in [0.2, 0.25) is 0 Å². The number of hydrogen-bond acceptors (Lipinski definition) is 14. The monoisotopic (exact) mass is 637 g/mol. The summed E-state index contributed by atoms with van der Waals surface area (Å²) in [4.78, 5) is 45.8. The third-order valence-corrected chi connectivity index (χ3v) is 8.79. The van der Waals surface area contributed by atoms with Crippen molar-refractivity contribution in [2.45, 2.75) is 125 Å². The number of carbonyl (C=O) groups is 4. The van der Waals surface area contributed by atoms with Crippen molar-refractivity contribution in [3.05, 3.63) is 0 Å². The quantitative estimate of drug-likeness (QED) is 0.0656. The van der Waals surface area contributed by atoms with Crippen LogP contribution in [0.15, 0.2) is 0 Å². The lowest BCUT2D eigenvalue weighted by molar-refractivity contribution is -0.357. The maximum atomic E-state index is 12.2. The second-order valence-electron chi connectivity index (χ2n) is 12.0. The molecule has 14 unspecified atom stereocenters. The van der Waals surface area contributed by atoms with Crippen molar-refractivity contribution in [3.8, 4) is 0 Å². The van der Waals surface area contributed by atoms with Crippen molar-refractivity contribution < 1.29 is 83.7 Å². The van der Waals surface area contributed by atoms with E-state index < -0.39 is 123 Å². The minimum absolute atomic E-state index is 0.114. The molecule has 250 valence electrons. The average Bonchev–Trinajstić information content (AvgIpc) is 2.92. The zero-order chi connectivity index (χ0) is 32.3. The van der Waals surface area contributed by atoms with Crippen LogP contribution in [0, 0.1) is 11.8 Å². The largest absolute Gasteiger partial charge is 0.481 e. The number of ether oxygens (including phenoxy) is 5. The summed E-state index contributed by atoms with van der Waals surface area (Å²) >= 11 is 0. The highest BCUT2D eigenvalue weighted by Gasteiger charge is 2.55. The molecule has 2 aliphatic carbocycles. The van der Waals surface area contributed by atoms with Crippen molar-refractivity contribution >= 4 is 23.9 Å². The molecule has 4 rings (SSSR count). The van der Waals surface area contributed by atoms with Crippen molar-refractivity contribution in [2.75, 3.05) is 6.61 Å². The van der Waals surface area contributed by atoms with E-state index in [1.807, 2.05) is 0 Å². The van der Waals surface area contributed by atoms with E-state index in [9.17, 15) is 49.8 Å². The molecule has 0 aromatic heterocycles. The fourth-order valence-electron chi connectivity index (χ4n) is 6.63. The Morgan fingerprint density at radius 2 is 1.45 bits per heavy atom. The molecule has 0 spiro atoms. The predicted octanol–water partition coefficient (Wildman–Crippen LogP) is -3.45. The summed E-state index contributed by atoms with van der Waals surface area (Å²) in [5, 5.41) is 81.1. The molecule has 17 heteroatoms. The van der Waals surface area contributed by atoms with Gasteiger partial charge >= 0.3 is 23.9 Å². The Kier molecular flexibility index (Phi) is 11.5. The maximum absolute atomic E-state index is 12.2. The summed E-state index contributed by atoms with van der Waals surface area (Å²) in [7, 11) is 0. The minimum atomic E-state index is -1.89. The van der Waals surface area contributed by atoms with E-state index in [-0.39, 0.29) is 31.6 Å². The summed E-state index contributed by atoms with van der Waals surface area (Å²) in [6.45, 7) is -0.737. The molecule has 2 aliphatic heterocycles. The first kappa shape index (κ1) is 34.4. The van der Waals surface area contributed by atoms with Gasteiger partial charge in [-0.3, -0.25) is 19.2 Å². The molecule has 14 atom stereocenters. The zero-order valence-electron chi connectivity index (χ0n) is 23.7. The minimum Gasteiger partial charge on any atom is -0.481 e. The highest BCUT2D eigenvalue weighted by Crippen LogP contribution is 2.42. The lowest BCUT2D eigenvalue weighted by atomic mass is 9.72. The van der Waals surface area contributed by atoms with Gasteiger partial charge in [0, 0.05) is 18.8 Å². The van der Waals surface area contributed by atoms with Gasteiger partial charge in [0.15, 0.2) is 24.6 Å². The molecule has 4 aliphatic rings. The first-order chi connectivity index (χ1) is 20.7. The van der Waals surface area contributed by atoms with Crippen LogP contribution in [0.5, 0.6) is 0 Å². The van der Waals surface area contributed by atoms with Crippen LogP contribution in [0.2, 0.25) is 0 Å². The topological polar surface area (TPSA) is 280 Å². The van der Waals surface area contributed by atoms with Gasteiger partial charge in [-0.1, -0.05) is 0 Å². The van der Waals surface area contributed by atoms with Gasteiger partial charge in [-0.2, -0.15) is 0 Å². The Balaban J connectivity index is 1.57. The molecule has 2 saturated carbocycles. The van der Waals surface area contributed by atoms with Crippen LogP contribution < -0.4 is 0 Å². The molecule has 4 fully saturated rings. The van der Waals surface area contributed by atoms with Crippen LogP contribution in [0.1, 0.15) is 51.4 Å². The number of fused-ring (bicyclic) bond motifs is 1. The highest BCUT2D eigenvalue weighted by atomic mass is 16.7. The molecule has 44 heavy (non-hydrogen) atoms. The van der Waals surface area contributed by atoms with E-state index in [0.29, 0.717) is 12.8 Å². The number of aliphatic hydroxyl groups excluding tert-OH is 6. The Labute approximate surface area is 251 Å². The fourth-order valence-corrected chi connectivity index (χ4v) is 6.63. The van der Waals surface area contributed by atoms with Crippen molar-refractivity contribution in [3.63, 3.8) is 0 Å². The summed E-state index contributed by atoms with van der Waals surface area (Å²) < 4.78 is 26.8. The molecule has 0 radical (unpaired) electrons. The molecule has 2 heterocycles. The van der Waals surface area contributed by atoms with Crippen molar-refractivity contribution in [1.29, 1.82) is 0 Å². The number of esters is 2. The van der Waals surface area contributed by atoms with Crippen LogP contribution in [0.3, 0.4) is 0 Å². The van der Waals surface area contributed by atoms with E-state index in [1.165, 1.54) is 0 Å². The molecule has 0 amide bonds. The Morgan fingerprint density at radius 3 is 2.11 bits per heavy atom. The number of rotatable bonds is 10. The summed E-state index contributed by atoms with van der Waals surface area (Å²) in [5.74, 6) is -6.22. The van der Waals surface area contributed by atoms with Crippen LogP contribution in [-0.2, 0) is 38.1 Å². The van der Waals surface area contributed by atoms with Crippen molar-refractivity contribution in [2.24, 2.45) is 11.8 Å². The lowest BCUT2D eigenvalue weighted by Crippen LogP contribution is -2.64. The molecule has 9 N–H and O–H groups in total. The third kappa shape index (κ3) is 8.41. The van der Waals surface area contributed by atoms with E-state index in [1.54, 1.807) is 0 Å². The summed E-state index contributed by atoms with van der Waals surface area (Å²) in [6.07, 6.45) is -14.9. The predicted molar refractivity (Wildman–Crippen MR) is 139 cm³/mol. The van der Waals surface area contributed by atoms with Gasteiger partial charge in [0.05, 0.1) is 30.3 Å². The lowest BCUT2D eigenvalue weighted by Gasteiger charge is -2.48. The van der Waals surface area contributed by atoms with E-state index in [0.717, 1.165) is 0 Å². The first-order valence-electron chi connectivity index (χ1n) is 14.6. The highest BCUT2D eigenvalue weighted by molar-refractivity contribution is 5.90. The molecule has 17 nitrogen and oxygen atoms in total. The number of carboxylic acids is 2. The van der Waals surface area contributed by atoms with Crippen LogP contribution in [-0.4, -0.2) is 150 Å². The zero-order valence-corrected chi connectivity index (χ0v) is 23.7. The number of carboxylic acid groups (broad SMARTS) is 2. The number of carbonyl (C=O) groups excluding carboxylic acids is 2. The number of hydrogen-bond donors (Lipinski definition) is 8. The smallest absolute Gasteiger partial charge is 0.317 e. The standard InChI is InChI=1S/C27H40O17/c28-11-4-14(30)12-6-17(25(41-16(12)5-11)10-1-2-13(29)15(31)3-10)42-27-24(39)26(44-22(37)8-20(34)35)23(38)18(43-27)9-40-21(36)7-19(32)33/h10-18,23-31,38-39H,1-9H2,(H,32,33)(H,34,35)/p+1. The molecule has 2 saturated heterocycles. The summed E-state index contributed by atoms with van der Waals surface area (Å²) in [5.41, 5.74) is 0. The summed E-state index contributed by atoms with van der Waals surface area (Å²) in [6, 6.07) is 0. The van der Waals surface area contributed by atoms with Crippen LogP contribution >= 0.6 is 0 Å². The second kappa shape index (κ2) is 14.7. The Hall–Kier alpha value is -2.48. The maximum Gasteiger partial charge on any atom is 0.317 e. The van der Waals surface area contributed by atoms with Gasteiger partial charge in [-0.05, 0) is 25.7 Å². The van der Waals surface area contributed by atoms with Crippen molar-refractivity contribution in [1.82, 2.24) is 0 Å². The average molecular weight is 638 g/mol. The molecule has 0 aromatic carbocycles. The van der Waals surface area contributed by atoms with Gasteiger partial charge in [-0.25, -0.2) is 0 Å². The Bertz CT molecular complexity index is 1040. The first-order valence-corrected chi connectivity index (χ1v) is 14.6. The Morgan fingerprint density at radius 1 is 0.773 bits per heavy atom. The second-order valence-corrected chi connectivity index (χ2v) is 12.0. The van der Waals surface area contributed by atoms with E-state index in [2.05, 4.69) is 0 Å². The van der Waals surface area contributed by atoms with Gasteiger partial charge < -0.3 is 64.5 Å². The number of aliphatic hydroxyl groups is 8. The van der Waals surface area contributed by atoms with E-state index >= 15 is 0 Å². The normalized spacial score (nSPS) is 42.5. The molecule has 0 aromatic rings. The third-order valence-electron chi connectivity index (χ3n) is 8.79. The van der Waals surface area contributed by atoms with E-state index in [4.69, 9.17) is 33.9 Å². The van der Waals surface area contributed by atoms with Crippen LogP contribution in [0.25, 0.3) is 0 Å². The fraction of sp³-hybridized carbons (Fsp3) is 0.852. The SMILES string of the molecule is O=C(O)CC(=O)OCC1OC(OC2CC3C(O)CC(O)CC3[OH+]C2C2CCC(O)C(O)C2)C(O)C(OC(=O)CC(=O)O)C1O.